The standard InChI is InChI=1S/C12H12ClN3O/c13-12-14-7-5-11(16-12)15-10-3-1-9(2-4-10)6-8-17/h1-5,7,17H,6,8H2,(H,14,15,16). The molecule has 0 saturated carbocycles. The first kappa shape index (κ1) is 11.8. The lowest BCUT2D eigenvalue weighted by Gasteiger charge is -2.06. The van der Waals surface area contributed by atoms with Crippen LogP contribution in [0, 0.1) is 0 Å². The van der Waals surface area contributed by atoms with Crippen molar-refractivity contribution in [1.29, 1.82) is 0 Å². The molecule has 0 radical (unpaired) electrons. The Balaban J connectivity index is 2.08. The van der Waals surface area contributed by atoms with Gasteiger partial charge < -0.3 is 10.4 Å². The summed E-state index contributed by atoms with van der Waals surface area (Å²) in [5.74, 6) is 0.653. The Hall–Kier alpha value is -1.65. The fourth-order valence-corrected chi connectivity index (χ4v) is 1.58. The molecule has 1 heterocycles. The highest BCUT2D eigenvalue weighted by Gasteiger charge is 1.98. The fourth-order valence-electron chi connectivity index (χ4n) is 1.44. The molecule has 5 heteroatoms. The highest BCUT2D eigenvalue weighted by molar-refractivity contribution is 6.28. The highest BCUT2D eigenvalue weighted by Crippen LogP contribution is 2.16. The van der Waals surface area contributed by atoms with Crippen LogP contribution in [0.2, 0.25) is 5.28 Å². The molecule has 0 bridgehead atoms. The van der Waals surface area contributed by atoms with Gasteiger partial charge in [0.05, 0.1) is 0 Å². The second-order valence-corrected chi connectivity index (χ2v) is 3.84. The van der Waals surface area contributed by atoms with Gasteiger partial charge in [0.25, 0.3) is 0 Å². The van der Waals surface area contributed by atoms with Gasteiger partial charge >= 0.3 is 0 Å². The molecule has 2 aromatic rings. The number of aliphatic hydroxyl groups is 1. The Labute approximate surface area is 104 Å². The van der Waals surface area contributed by atoms with Gasteiger partial charge in [-0.1, -0.05) is 12.1 Å². The molecule has 0 saturated heterocycles. The monoisotopic (exact) mass is 249 g/mol. The molecule has 17 heavy (non-hydrogen) atoms. The summed E-state index contributed by atoms with van der Waals surface area (Å²) in [4.78, 5) is 7.84. The summed E-state index contributed by atoms with van der Waals surface area (Å²) in [7, 11) is 0. The Morgan fingerprint density at radius 3 is 2.59 bits per heavy atom. The zero-order valence-electron chi connectivity index (χ0n) is 9.10. The van der Waals surface area contributed by atoms with E-state index >= 15 is 0 Å². The van der Waals surface area contributed by atoms with Crippen molar-refractivity contribution >= 4 is 23.1 Å². The van der Waals surface area contributed by atoms with Crippen LogP contribution < -0.4 is 5.32 Å². The van der Waals surface area contributed by atoms with E-state index < -0.39 is 0 Å². The predicted molar refractivity (Wildman–Crippen MR) is 67.6 cm³/mol. The van der Waals surface area contributed by atoms with Crippen LogP contribution in [-0.2, 0) is 6.42 Å². The summed E-state index contributed by atoms with van der Waals surface area (Å²) in [5, 5.41) is 12.1. The largest absolute Gasteiger partial charge is 0.396 e. The molecule has 1 aromatic carbocycles. The maximum atomic E-state index is 8.81. The topological polar surface area (TPSA) is 58.0 Å². The molecule has 0 atom stereocenters. The van der Waals surface area contributed by atoms with Crippen LogP contribution in [0.3, 0.4) is 0 Å². The molecule has 0 amide bonds. The third-order valence-electron chi connectivity index (χ3n) is 2.25. The number of aliphatic hydroxyl groups excluding tert-OH is 1. The quantitative estimate of drug-likeness (QED) is 0.817. The number of anilines is 2. The van der Waals surface area contributed by atoms with Crippen LogP contribution in [0.4, 0.5) is 11.5 Å². The molecule has 0 unspecified atom stereocenters. The lowest BCUT2D eigenvalue weighted by Crippen LogP contribution is -1.95. The van der Waals surface area contributed by atoms with Crippen LogP contribution in [0.15, 0.2) is 36.5 Å². The van der Waals surface area contributed by atoms with E-state index in [2.05, 4.69) is 15.3 Å². The molecular formula is C12H12ClN3O. The van der Waals surface area contributed by atoms with E-state index in [1.807, 2.05) is 24.3 Å². The number of nitrogens with zero attached hydrogens (tertiary/aromatic N) is 2. The minimum absolute atomic E-state index is 0.161. The van der Waals surface area contributed by atoms with Crippen LogP contribution >= 0.6 is 11.6 Å². The van der Waals surface area contributed by atoms with Crippen molar-refractivity contribution in [2.24, 2.45) is 0 Å². The first-order chi connectivity index (χ1) is 8.28. The van der Waals surface area contributed by atoms with Gasteiger partial charge in [0.15, 0.2) is 0 Å². The smallest absolute Gasteiger partial charge is 0.224 e. The van der Waals surface area contributed by atoms with Crippen molar-refractivity contribution in [2.75, 3.05) is 11.9 Å². The number of hydrogen-bond donors (Lipinski definition) is 2. The number of rotatable bonds is 4. The molecule has 0 spiro atoms. The van der Waals surface area contributed by atoms with Crippen LogP contribution in [0.5, 0.6) is 0 Å². The van der Waals surface area contributed by atoms with Crippen molar-refractivity contribution in [3.05, 3.63) is 47.4 Å². The van der Waals surface area contributed by atoms with Crippen molar-refractivity contribution in [3.8, 4) is 0 Å². The zero-order valence-corrected chi connectivity index (χ0v) is 9.85. The van der Waals surface area contributed by atoms with Gasteiger partial charge in [0.1, 0.15) is 5.82 Å². The summed E-state index contributed by atoms with van der Waals surface area (Å²) >= 11 is 5.69. The summed E-state index contributed by atoms with van der Waals surface area (Å²) in [6, 6.07) is 9.53. The maximum absolute atomic E-state index is 8.81. The van der Waals surface area contributed by atoms with Gasteiger partial charge in [-0.3, -0.25) is 0 Å². The van der Waals surface area contributed by atoms with E-state index in [9.17, 15) is 0 Å². The molecule has 0 aliphatic carbocycles. The van der Waals surface area contributed by atoms with E-state index in [1.54, 1.807) is 12.3 Å². The Morgan fingerprint density at radius 1 is 1.18 bits per heavy atom. The normalized spacial score (nSPS) is 10.2. The molecular weight excluding hydrogens is 238 g/mol. The van der Waals surface area contributed by atoms with Gasteiger partial charge in [0, 0.05) is 18.5 Å². The van der Waals surface area contributed by atoms with Gasteiger partial charge in [-0.2, -0.15) is 0 Å². The van der Waals surface area contributed by atoms with Gasteiger partial charge in [-0.15, -0.1) is 0 Å². The zero-order chi connectivity index (χ0) is 12.1. The number of halogens is 1. The molecule has 2 N–H and O–H groups in total. The second kappa shape index (κ2) is 5.61. The summed E-state index contributed by atoms with van der Waals surface area (Å²) in [6.07, 6.45) is 2.26. The SMILES string of the molecule is OCCc1ccc(Nc2ccnc(Cl)n2)cc1. The first-order valence-electron chi connectivity index (χ1n) is 5.23. The van der Waals surface area contributed by atoms with Crippen molar-refractivity contribution in [3.63, 3.8) is 0 Å². The average Bonchev–Trinajstić information content (AvgIpc) is 2.32. The van der Waals surface area contributed by atoms with Crippen molar-refractivity contribution in [1.82, 2.24) is 9.97 Å². The minimum Gasteiger partial charge on any atom is -0.396 e. The van der Waals surface area contributed by atoms with E-state index in [-0.39, 0.29) is 11.9 Å². The molecule has 88 valence electrons. The number of aromatic nitrogens is 2. The van der Waals surface area contributed by atoms with Gasteiger partial charge in [0.2, 0.25) is 5.28 Å². The van der Waals surface area contributed by atoms with Gasteiger partial charge in [-0.25, -0.2) is 9.97 Å². The fraction of sp³-hybridized carbons (Fsp3) is 0.167. The lowest BCUT2D eigenvalue weighted by molar-refractivity contribution is 0.299. The number of benzene rings is 1. The van der Waals surface area contributed by atoms with Crippen LogP contribution in [-0.4, -0.2) is 21.7 Å². The Bertz CT molecular complexity index is 487. The molecule has 0 aliphatic heterocycles. The Morgan fingerprint density at radius 2 is 1.94 bits per heavy atom. The molecule has 0 fully saturated rings. The average molecular weight is 250 g/mol. The predicted octanol–water partition coefficient (Wildman–Crippen LogP) is 2.41. The maximum Gasteiger partial charge on any atom is 0.224 e. The molecule has 1 aromatic heterocycles. The van der Waals surface area contributed by atoms with Crippen molar-refractivity contribution < 1.29 is 5.11 Å². The molecule has 2 rings (SSSR count). The third kappa shape index (κ3) is 3.41. The van der Waals surface area contributed by atoms with Crippen LogP contribution in [0.1, 0.15) is 5.56 Å². The summed E-state index contributed by atoms with van der Waals surface area (Å²) < 4.78 is 0. The third-order valence-corrected chi connectivity index (χ3v) is 2.44. The lowest BCUT2D eigenvalue weighted by atomic mass is 10.1. The van der Waals surface area contributed by atoms with E-state index in [0.717, 1.165) is 11.3 Å². The van der Waals surface area contributed by atoms with Crippen molar-refractivity contribution in [2.45, 2.75) is 6.42 Å². The molecule has 4 nitrogen and oxygen atoms in total. The molecule has 0 aliphatic rings. The van der Waals surface area contributed by atoms with E-state index in [0.29, 0.717) is 12.2 Å². The number of hydrogen-bond acceptors (Lipinski definition) is 4. The number of nitrogens with one attached hydrogen (secondary N) is 1. The highest BCUT2D eigenvalue weighted by atomic mass is 35.5. The second-order valence-electron chi connectivity index (χ2n) is 3.51. The Kier molecular flexibility index (Phi) is 3.90. The van der Waals surface area contributed by atoms with E-state index in [4.69, 9.17) is 16.7 Å². The van der Waals surface area contributed by atoms with E-state index in [1.165, 1.54) is 0 Å². The summed E-state index contributed by atoms with van der Waals surface area (Å²) in [6.45, 7) is 0.161. The minimum atomic E-state index is 0.161. The van der Waals surface area contributed by atoms with Crippen LogP contribution in [0.25, 0.3) is 0 Å². The first-order valence-corrected chi connectivity index (χ1v) is 5.61. The van der Waals surface area contributed by atoms with Gasteiger partial charge in [-0.05, 0) is 41.8 Å². The summed E-state index contributed by atoms with van der Waals surface area (Å²) in [5.41, 5.74) is 2.01.